The number of nitrogens with zero attached hydrogens (tertiary/aromatic N) is 2. The molecule has 4 nitrogen and oxygen atoms in total. The molecule has 1 aliphatic carbocycles. The van der Waals surface area contributed by atoms with E-state index in [4.69, 9.17) is 0 Å². The van der Waals surface area contributed by atoms with Crippen molar-refractivity contribution in [3.8, 4) is 6.07 Å². The fourth-order valence-corrected chi connectivity index (χ4v) is 3.47. The Balaban J connectivity index is 1.76. The van der Waals surface area contributed by atoms with Crippen LogP contribution in [0.4, 0.5) is 10.1 Å². The highest BCUT2D eigenvalue weighted by Crippen LogP contribution is 2.39. The molecule has 1 saturated carbocycles. The number of aryl methyl sites for hydroxylation is 1. The van der Waals surface area contributed by atoms with Crippen molar-refractivity contribution in [1.82, 2.24) is 5.32 Å². The van der Waals surface area contributed by atoms with E-state index in [1.165, 1.54) is 6.07 Å². The monoisotopic (exact) mass is 315 g/mol. The third-order valence-electron chi connectivity index (χ3n) is 5.00. The number of carbonyl (C=O) groups is 1. The Morgan fingerprint density at radius 3 is 2.91 bits per heavy atom. The second-order valence-corrected chi connectivity index (χ2v) is 6.85. The number of hydrogen-bond acceptors (Lipinski definition) is 3. The van der Waals surface area contributed by atoms with Crippen LogP contribution in [0.3, 0.4) is 0 Å². The lowest BCUT2D eigenvalue weighted by atomic mass is 9.96. The molecule has 1 atom stereocenters. The van der Waals surface area contributed by atoms with E-state index in [0.29, 0.717) is 12.2 Å². The van der Waals surface area contributed by atoms with E-state index in [1.807, 2.05) is 6.92 Å². The van der Waals surface area contributed by atoms with Gasteiger partial charge in [-0.1, -0.05) is 6.07 Å². The summed E-state index contributed by atoms with van der Waals surface area (Å²) in [5, 5.41) is 12.2. The Hall–Kier alpha value is -2.09. The molecule has 1 amide bonds. The van der Waals surface area contributed by atoms with E-state index in [0.717, 1.165) is 36.8 Å². The Labute approximate surface area is 136 Å². The maximum atomic E-state index is 14.3. The van der Waals surface area contributed by atoms with Gasteiger partial charge in [-0.25, -0.2) is 4.39 Å². The predicted molar refractivity (Wildman–Crippen MR) is 86.6 cm³/mol. The van der Waals surface area contributed by atoms with Crippen LogP contribution in [0.25, 0.3) is 0 Å². The maximum Gasteiger partial charge on any atom is 0.240 e. The van der Waals surface area contributed by atoms with Crippen LogP contribution in [0, 0.1) is 30.0 Å². The SMILES string of the molecule is Cc1ccc(F)c2c1CCCN2CC(=O)NC(C)(C#N)C1CC1. The quantitative estimate of drug-likeness (QED) is 0.929. The van der Waals surface area contributed by atoms with Gasteiger partial charge in [0.15, 0.2) is 0 Å². The number of nitrogens with one attached hydrogen (secondary N) is 1. The van der Waals surface area contributed by atoms with Crippen LogP contribution in [0.2, 0.25) is 0 Å². The molecule has 0 radical (unpaired) electrons. The predicted octanol–water partition coefficient (Wildman–Crippen LogP) is 2.70. The first-order valence-corrected chi connectivity index (χ1v) is 8.20. The number of benzene rings is 1. The average Bonchev–Trinajstić information content (AvgIpc) is 3.36. The number of amides is 1. The van der Waals surface area contributed by atoms with E-state index in [-0.39, 0.29) is 24.2 Å². The van der Waals surface area contributed by atoms with Crippen molar-refractivity contribution in [1.29, 1.82) is 5.26 Å². The molecule has 0 saturated heterocycles. The molecule has 1 aliphatic heterocycles. The molecule has 1 fully saturated rings. The zero-order chi connectivity index (χ0) is 16.6. The third kappa shape index (κ3) is 3.03. The number of anilines is 1. The van der Waals surface area contributed by atoms with Crippen molar-refractivity contribution in [2.45, 2.75) is 45.1 Å². The van der Waals surface area contributed by atoms with Crippen LogP contribution < -0.4 is 10.2 Å². The van der Waals surface area contributed by atoms with Crippen molar-refractivity contribution < 1.29 is 9.18 Å². The summed E-state index contributed by atoms with van der Waals surface area (Å²) in [4.78, 5) is 14.2. The molecular weight excluding hydrogens is 293 g/mol. The molecule has 1 heterocycles. The number of carbonyl (C=O) groups excluding carboxylic acids is 1. The molecule has 1 aromatic rings. The topological polar surface area (TPSA) is 56.1 Å². The van der Waals surface area contributed by atoms with Gasteiger partial charge in [-0.15, -0.1) is 0 Å². The van der Waals surface area contributed by atoms with Gasteiger partial charge in [-0.2, -0.15) is 5.26 Å². The minimum absolute atomic E-state index is 0.0946. The molecule has 0 bridgehead atoms. The molecular formula is C18H22FN3O. The number of nitriles is 1. The molecule has 0 spiro atoms. The Morgan fingerprint density at radius 1 is 1.52 bits per heavy atom. The Kier molecular flexibility index (Phi) is 4.01. The smallest absolute Gasteiger partial charge is 0.240 e. The van der Waals surface area contributed by atoms with Crippen LogP contribution in [0.1, 0.15) is 37.3 Å². The van der Waals surface area contributed by atoms with Gasteiger partial charge in [0.05, 0.1) is 18.3 Å². The summed E-state index contributed by atoms with van der Waals surface area (Å²) < 4.78 is 14.3. The fourth-order valence-electron chi connectivity index (χ4n) is 3.47. The fraction of sp³-hybridized carbons (Fsp3) is 0.556. The lowest BCUT2D eigenvalue weighted by molar-refractivity contribution is -0.121. The normalized spacial score (nSPS) is 19.5. The lowest BCUT2D eigenvalue weighted by Crippen LogP contribution is -2.51. The van der Waals surface area contributed by atoms with Crippen molar-refractivity contribution in [2.75, 3.05) is 18.0 Å². The molecule has 122 valence electrons. The van der Waals surface area contributed by atoms with E-state index in [2.05, 4.69) is 11.4 Å². The van der Waals surface area contributed by atoms with Gasteiger partial charge < -0.3 is 10.2 Å². The largest absolute Gasteiger partial charge is 0.360 e. The van der Waals surface area contributed by atoms with E-state index < -0.39 is 5.54 Å². The molecule has 5 heteroatoms. The Morgan fingerprint density at radius 2 is 2.26 bits per heavy atom. The highest BCUT2D eigenvalue weighted by molar-refractivity contribution is 5.83. The van der Waals surface area contributed by atoms with Crippen LogP contribution in [0.5, 0.6) is 0 Å². The zero-order valence-corrected chi connectivity index (χ0v) is 13.7. The summed E-state index contributed by atoms with van der Waals surface area (Å²) in [6.45, 7) is 4.50. The minimum Gasteiger partial charge on any atom is -0.360 e. The second-order valence-electron chi connectivity index (χ2n) is 6.85. The number of halogens is 1. The van der Waals surface area contributed by atoms with Crippen molar-refractivity contribution >= 4 is 11.6 Å². The molecule has 3 rings (SSSR count). The highest BCUT2D eigenvalue weighted by atomic mass is 19.1. The highest BCUT2D eigenvalue weighted by Gasteiger charge is 2.43. The van der Waals surface area contributed by atoms with Gasteiger partial charge in [-0.3, -0.25) is 4.79 Å². The van der Waals surface area contributed by atoms with Gasteiger partial charge in [0.1, 0.15) is 11.4 Å². The number of hydrogen-bond donors (Lipinski definition) is 1. The second kappa shape index (κ2) is 5.84. The van der Waals surface area contributed by atoms with Gasteiger partial charge in [0.2, 0.25) is 5.91 Å². The van der Waals surface area contributed by atoms with Crippen LogP contribution in [-0.4, -0.2) is 24.5 Å². The summed E-state index contributed by atoms with van der Waals surface area (Å²) in [6, 6.07) is 5.48. The third-order valence-corrected chi connectivity index (χ3v) is 5.00. The molecule has 2 aliphatic rings. The molecule has 23 heavy (non-hydrogen) atoms. The zero-order valence-electron chi connectivity index (χ0n) is 13.7. The Bertz CT molecular complexity index is 678. The minimum atomic E-state index is -0.805. The van der Waals surface area contributed by atoms with E-state index in [1.54, 1.807) is 17.9 Å². The first-order chi connectivity index (χ1) is 10.9. The summed E-state index contributed by atoms with van der Waals surface area (Å²) in [6.07, 6.45) is 3.70. The summed E-state index contributed by atoms with van der Waals surface area (Å²) in [7, 11) is 0. The summed E-state index contributed by atoms with van der Waals surface area (Å²) in [5.41, 5.74) is 1.80. The van der Waals surface area contributed by atoms with Gasteiger partial charge >= 0.3 is 0 Å². The van der Waals surface area contributed by atoms with Crippen molar-refractivity contribution in [2.24, 2.45) is 5.92 Å². The summed E-state index contributed by atoms with van der Waals surface area (Å²) >= 11 is 0. The molecule has 1 unspecified atom stereocenters. The van der Waals surface area contributed by atoms with Crippen LogP contribution in [-0.2, 0) is 11.2 Å². The van der Waals surface area contributed by atoms with Crippen molar-refractivity contribution in [3.05, 3.63) is 29.1 Å². The number of rotatable bonds is 4. The van der Waals surface area contributed by atoms with Gasteiger partial charge in [0, 0.05) is 6.54 Å². The van der Waals surface area contributed by atoms with Crippen LogP contribution in [0.15, 0.2) is 12.1 Å². The molecule has 0 aromatic heterocycles. The first-order valence-electron chi connectivity index (χ1n) is 8.20. The first kappa shape index (κ1) is 15.8. The average molecular weight is 315 g/mol. The molecule has 1 N–H and O–H groups in total. The van der Waals surface area contributed by atoms with Gasteiger partial charge in [0.25, 0.3) is 0 Å². The standard InChI is InChI=1S/C18H22FN3O/c1-12-5-8-15(19)17-14(12)4-3-9-22(17)10-16(23)21-18(2,11-20)13-6-7-13/h5,8,13H,3-4,6-7,9-10H2,1-2H3,(H,21,23). The summed E-state index contributed by atoms with van der Waals surface area (Å²) in [5.74, 6) is -0.248. The van der Waals surface area contributed by atoms with Gasteiger partial charge in [-0.05, 0) is 62.6 Å². The lowest BCUT2D eigenvalue weighted by Gasteiger charge is -2.33. The maximum absolute atomic E-state index is 14.3. The van der Waals surface area contributed by atoms with E-state index >= 15 is 0 Å². The molecule has 1 aromatic carbocycles. The number of fused-ring (bicyclic) bond motifs is 1. The van der Waals surface area contributed by atoms with Crippen LogP contribution >= 0.6 is 0 Å². The van der Waals surface area contributed by atoms with E-state index in [9.17, 15) is 14.4 Å². The van der Waals surface area contributed by atoms with Crippen molar-refractivity contribution in [3.63, 3.8) is 0 Å².